The van der Waals surface area contributed by atoms with Crippen molar-refractivity contribution in [1.29, 1.82) is 0 Å². The van der Waals surface area contributed by atoms with Crippen molar-refractivity contribution < 1.29 is 14.4 Å². The predicted octanol–water partition coefficient (Wildman–Crippen LogP) is 3.52. The third-order valence-corrected chi connectivity index (χ3v) is 5.57. The van der Waals surface area contributed by atoms with Gasteiger partial charge in [-0.2, -0.15) is 0 Å². The Labute approximate surface area is 184 Å². The van der Waals surface area contributed by atoms with E-state index in [-0.39, 0.29) is 17.7 Å². The highest BCUT2D eigenvalue weighted by Crippen LogP contribution is 2.30. The number of hydrogen-bond acceptors (Lipinski definition) is 5. The quantitative estimate of drug-likeness (QED) is 0.514. The molecule has 3 aromatic rings. The average Bonchev–Trinajstić information content (AvgIpc) is 3.28. The second-order valence-corrected chi connectivity index (χ2v) is 8.17. The van der Waals surface area contributed by atoms with Gasteiger partial charge in [0.2, 0.25) is 11.8 Å². The zero-order chi connectivity index (χ0) is 22.5. The molecule has 0 radical (unpaired) electrons. The molecule has 0 saturated carbocycles. The summed E-state index contributed by atoms with van der Waals surface area (Å²) in [6.45, 7) is 1.35. The van der Waals surface area contributed by atoms with Crippen molar-refractivity contribution in [2.24, 2.45) is 0 Å². The van der Waals surface area contributed by atoms with Gasteiger partial charge in [0, 0.05) is 31.5 Å². The van der Waals surface area contributed by atoms with E-state index >= 15 is 0 Å². The van der Waals surface area contributed by atoms with E-state index in [2.05, 4.69) is 10.6 Å². The fraction of sp³-hybridized carbons (Fsp3) is 0.174. The van der Waals surface area contributed by atoms with Crippen LogP contribution in [0.5, 0.6) is 0 Å². The third-order valence-electron chi connectivity index (χ3n) is 4.65. The number of nitrogens with one attached hydrogen (secondary N) is 2. The van der Waals surface area contributed by atoms with E-state index in [1.165, 1.54) is 11.8 Å². The summed E-state index contributed by atoms with van der Waals surface area (Å²) in [7, 11) is 3.24. The molecule has 1 atom stereocenters. The number of anilines is 2. The van der Waals surface area contributed by atoms with Gasteiger partial charge in [0.25, 0.3) is 5.91 Å². The first kappa shape index (κ1) is 22.0. The molecular weight excluding hydrogens is 412 g/mol. The van der Waals surface area contributed by atoms with Crippen molar-refractivity contribution in [3.63, 3.8) is 0 Å². The summed E-state index contributed by atoms with van der Waals surface area (Å²) in [5.41, 5.74) is 9.00. The molecule has 0 bridgehead atoms. The van der Waals surface area contributed by atoms with Crippen LogP contribution in [0.15, 0.2) is 60.0 Å². The van der Waals surface area contributed by atoms with Crippen LogP contribution in [-0.4, -0.2) is 36.7 Å². The molecule has 1 heterocycles. The summed E-state index contributed by atoms with van der Waals surface area (Å²) in [6, 6.07) is 15.2. The average molecular weight is 437 g/mol. The first-order valence-electron chi connectivity index (χ1n) is 9.59. The molecule has 0 saturated heterocycles. The number of rotatable bonds is 6. The number of carbonyl (C=O) groups is 3. The van der Waals surface area contributed by atoms with Crippen molar-refractivity contribution in [2.75, 3.05) is 25.1 Å². The van der Waals surface area contributed by atoms with Crippen LogP contribution in [0.2, 0.25) is 0 Å². The lowest BCUT2D eigenvalue weighted by atomic mass is 10.0. The molecule has 8 heteroatoms. The Kier molecular flexibility index (Phi) is 6.71. The molecule has 1 unspecified atom stereocenters. The van der Waals surface area contributed by atoms with Gasteiger partial charge in [0.1, 0.15) is 6.04 Å². The maximum Gasteiger partial charge on any atom is 0.255 e. The van der Waals surface area contributed by atoms with Crippen LogP contribution in [0, 0.1) is 0 Å². The summed E-state index contributed by atoms with van der Waals surface area (Å²) >= 11 is 1.60. The molecule has 0 aliphatic heterocycles. The van der Waals surface area contributed by atoms with Crippen LogP contribution < -0.4 is 16.4 Å². The van der Waals surface area contributed by atoms with E-state index in [1.807, 2.05) is 29.6 Å². The zero-order valence-corrected chi connectivity index (χ0v) is 18.3. The molecule has 0 fully saturated rings. The number of nitrogens with zero attached hydrogens (tertiary/aromatic N) is 1. The van der Waals surface area contributed by atoms with Gasteiger partial charge < -0.3 is 21.3 Å². The summed E-state index contributed by atoms with van der Waals surface area (Å²) in [6.07, 6.45) is 0. The molecule has 0 spiro atoms. The van der Waals surface area contributed by atoms with E-state index in [0.29, 0.717) is 22.5 Å². The Balaban J connectivity index is 1.80. The maximum absolute atomic E-state index is 12.8. The normalized spacial score (nSPS) is 11.5. The number of thiophene rings is 1. The van der Waals surface area contributed by atoms with Gasteiger partial charge in [0.15, 0.2) is 0 Å². The van der Waals surface area contributed by atoms with Gasteiger partial charge in [0.05, 0.1) is 11.4 Å². The Hall–Kier alpha value is -3.65. The highest BCUT2D eigenvalue weighted by Gasteiger charge is 2.23. The lowest BCUT2D eigenvalue weighted by Crippen LogP contribution is -2.38. The highest BCUT2D eigenvalue weighted by molar-refractivity contribution is 7.13. The molecule has 0 aliphatic carbocycles. The Morgan fingerprint density at radius 3 is 2.32 bits per heavy atom. The second-order valence-electron chi connectivity index (χ2n) is 7.22. The summed E-state index contributed by atoms with van der Waals surface area (Å²) in [5.74, 6) is -0.898. The Morgan fingerprint density at radius 2 is 1.74 bits per heavy atom. The number of benzene rings is 2. The third kappa shape index (κ3) is 5.29. The number of amides is 3. The van der Waals surface area contributed by atoms with Crippen molar-refractivity contribution in [2.45, 2.75) is 13.0 Å². The number of carbonyl (C=O) groups excluding carboxylic acids is 3. The minimum atomic E-state index is -0.817. The fourth-order valence-corrected chi connectivity index (χ4v) is 3.76. The lowest BCUT2D eigenvalue weighted by molar-refractivity contribution is -0.134. The predicted molar refractivity (Wildman–Crippen MR) is 124 cm³/mol. The summed E-state index contributed by atoms with van der Waals surface area (Å²) < 4.78 is 0. The maximum atomic E-state index is 12.8. The largest absolute Gasteiger partial charge is 0.397 e. The van der Waals surface area contributed by atoms with Crippen LogP contribution in [0.4, 0.5) is 11.4 Å². The summed E-state index contributed by atoms with van der Waals surface area (Å²) in [5, 5.41) is 7.48. The molecule has 0 aliphatic rings. The Morgan fingerprint density at radius 1 is 1.03 bits per heavy atom. The number of nitrogens with two attached hydrogens (primary N) is 1. The highest BCUT2D eigenvalue weighted by atomic mass is 32.1. The topological polar surface area (TPSA) is 105 Å². The van der Waals surface area contributed by atoms with Gasteiger partial charge in [-0.3, -0.25) is 14.4 Å². The number of nitrogen functional groups attached to an aromatic ring is 1. The molecule has 31 heavy (non-hydrogen) atoms. The smallest absolute Gasteiger partial charge is 0.255 e. The molecule has 160 valence electrons. The standard InChI is InChI=1S/C23H24N4O3S/c1-14(28)25-21(23(30)27(2)3)15-6-8-16(9-7-15)22(29)26-19-13-17(10-11-18(19)24)20-5-4-12-31-20/h4-13,21H,24H2,1-3H3,(H,25,28)(H,26,29). The van der Waals surface area contributed by atoms with E-state index < -0.39 is 6.04 Å². The Bertz CT molecular complexity index is 1090. The van der Waals surface area contributed by atoms with Crippen molar-refractivity contribution in [3.05, 3.63) is 71.1 Å². The molecule has 3 rings (SSSR count). The summed E-state index contributed by atoms with van der Waals surface area (Å²) in [4.78, 5) is 39.2. The van der Waals surface area contributed by atoms with Crippen molar-refractivity contribution in [3.8, 4) is 10.4 Å². The molecular formula is C23H24N4O3S. The molecule has 3 amide bonds. The van der Waals surface area contributed by atoms with Gasteiger partial charge in [-0.25, -0.2) is 0 Å². The van der Waals surface area contributed by atoms with Crippen LogP contribution in [-0.2, 0) is 9.59 Å². The van der Waals surface area contributed by atoms with E-state index in [4.69, 9.17) is 5.73 Å². The fourth-order valence-electron chi connectivity index (χ4n) is 3.03. The number of hydrogen-bond donors (Lipinski definition) is 3. The monoisotopic (exact) mass is 436 g/mol. The van der Waals surface area contributed by atoms with Gasteiger partial charge in [-0.15, -0.1) is 11.3 Å². The first-order valence-corrected chi connectivity index (χ1v) is 10.5. The lowest BCUT2D eigenvalue weighted by Gasteiger charge is -2.21. The molecule has 1 aromatic heterocycles. The molecule has 2 aromatic carbocycles. The van der Waals surface area contributed by atoms with E-state index in [0.717, 1.165) is 10.4 Å². The van der Waals surface area contributed by atoms with Crippen molar-refractivity contribution in [1.82, 2.24) is 10.2 Å². The second kappa shape index (κ2) is 9.44. The SMILES string of the molecule is CC(=O)NC(C(=O)N(C)C)c1ccc(C(=O)Nc2cc(-c3cccs3)ccc2N)cc1. The molecule has 4 N–H and O–H groups in total. The van der Waals surface area contributed by atoms with Gasteiger partial charge in [-0.05, 0) is 46.8 Å². The van der Waals surface area contributed by atoms with Crippen LogP contribution >= 0.6 is 11.3 Å². The number of likely N-dealkylation sites (N-methyl/N-ethyl adjacent to an activating group) is 1. The van der Waals surface area contributed by atoms with Gasteiger partial charge in [-0.1, -0.05) is 24.3 Å². The van der Waals surface area contributed by atoms with Gasteiger partial charge >= 0.3 is 0 Å². The van der Waals surface area contributed by atoms with E-state index in [1.54, 1.807) is 55.8 Å². The minimum absolute atomic E-state index is 0.259. The van der Waals surface area contributed by atoms with Crippen LogP contribution in [0.3, 0.4) is 0 Å². The molecule has 7 nitrogen and oxygen atoms in total. The minimum Gasteiger partial charge on any atom is -0.397 e. The zero-order valence-electron chi connectivity index (χ0n) is 17.5. The van der Waals surface area contributed by atoms with Crippen LogP contribution in [0.25, 0.3) is 10.4 Å². The first-order chi connectivity index (χ1) is 14.8. The van der Waals surface area contributed by atoms with Crippen LogP contribution in [0.1, 0.15) is 28.9 Å². The van der Waals surface area contributed by atoms with E-state index in [9.17, 15) is 14.4 Å². The van der Waals surface area contributed by atoms with Crippen molar-refractivity contribution >= 4 is 40.4 Å².